The summed E-state index contributed by atoms with van der Waals surface area (Å²) in [6.07, 6.45) is 3.51. The highest BCUT2D eigenvalue weighted by Crippen LogP contribution is 2.38. The van der Waals surface area contributed by atoms with Crippen LogP contribution in [0.15, 0.2) is 64.4 Å². The van der Waals surface area contributed by atoms with E-state index in [0.717, 1.165) is 54.4 Å². The zero-order valence-corrected chi connectivity index (χ0v) is 15.2. The standard InChI is InChI=1S/C21H24N2OS/c24-20(23-14-11-21(12-15-23)10-13-22-16-21)18-8-4-5-9-19(18)25-17-6-2-1-3-7-17/h1-9,22H,10-16H2. The number of benzene rings is 2. The Morgan fingerprint density at radius 3 is 2.40 bits per heavy atom. The maximum absolute atomic E-state index is 13.1. The molecule has 0 saturated carbocycles. The minimum absolute atomic E-state index is 0.180. The van der Waals surface area contributed by atoms with Crippen molar-refractivity contribution in [1.29, 1.82) is 0 Å². The number of hydrogen-bond donors (Lipinski definition) is 1. The fraction of sp³-hybridized carbons (Fsp3) is 0.381. The molecule has 2 fully saturated rings. The SMILES string of the molecule is O=C(c1ccccc1Sc1ccccc1)N1CCC2(CCNC2)CC1. The summed E-state index contributed by atoms with van der Waals surface area (Å²) < 4.78 is 0. The van der Waals surface area contributed by atoms with Crippen molar-refractivity contribution >= 4 is 17.7 Å². The molecule has 0 aromatic heterocycles. The third kappa shape index (κ3) is 3.60. The van der Waals surface area contributed by atoms with Gasteiger partial charge in [0.15, 0.2) is 0 Å². The molecule has 2 aromatic rings. The van der Waals surface area contributed by atoms with Gasteiger partial charge in [-0.05, 0) is 55.5 Å². The minimum atomic E-state index is 0.180. The highest BCUT2D eigenvalue weighted by molar-refractivity contribution is 7.99. The molecule has 1 spiro atoms. The molecule has 0 radical (unpaired) electrons. The molecule has 1 N–H and O–H groups in total. The van der Waals surface area contributed by atoms with Gasteiger partial charge < -0.3 is 10.2 Å². The summed E-state index contributed by atoms with van der Waals surface area (Å²) in [6, 6.07) is 18.3. The first kappa shape index (κ1) is 16.7. The molecular formula is C21H24N2OS. The quantitative estimate of drug-likeness (QED) is 0.904. The third-order valence-corrected chi connectivity index (χ3v) is 6.62. The Labute approximate surface area is 153 Å². The normalized spacial score (nSPS) is 19.3. The predicted octanol–water partition coefficient (Wildman–Crippen LogP) is 4.05. The summed E-state index contributed by atoms with van der Waals surface area (Å²) in [7, 11) is 0. The van der Waals surface area contributed by atoms with Gasteiger partial charge in [0.25, 0.3) is 5.91 Å². The van der Waals surface area contributed by atoms with Crippen LogP contribution in [0, 0.1) is 5.41 Å². The molecule has 0 atom stereocenters. The van der Waals surface area contributed by atoms with Gasteiger partial charge in [0.05, 0.1) is 5.56 Å². The Morgan fingerprint density at radius 1 is 0.960 bits per heavy atom. The van der Waals surface area contributed by atoms with Gasteiger partial charge in [-0.2, -0.15) is 0 Å². The van der Waals surface area contributed by atoms with Crippen LogP contribution < -0.4 is 5.32 Å². The minimum Gasteiger partial charge on any atom is -0.339 e. The average molecular weight is 353 g/mol. The molecule has 0 unspecified atom stereocenters. The van der Waals surface area contributed by atoms with Crippen LogP contribution >= 0.6 is 11.8 Å². The maximum Gasteiger partial charge on any atom is 0.255 e. The zero-order valence-electron chi connectivity index (χ0n) is 14.4. The van der Waals surface area contributed by atoms with Gasteiger partial charge in [-0.15, -0.1) is 0 Å². The summed E-state index contributed by atoms with van der Waals surface area (Å²) in [4.78, 5) is 17.4. The van der Waals surface area contributed by atoms with Gasteiger partial charge in [-0.1, -0.05) is 42.1 Å². The smallest absolute Gasteiger partial charge is 0.255 e. The van der Waals surface area contributed by atoms with E-state index in [1.165, 1.54) is 6.42 Å². The van der Waals surface area contributed by atoms with E-state index < -0.39 is 0 Å². The molecule has 4 rings (SSSR count). The molecule has 2 saturated heterocycles. The monoisotopic (exact) mass is 352 g/mol. The maximum atomic E-state index is 13.1. The first-order chi connectivity index (χ1) is 12.3. The molecule has 0 aliphatic carbocycles. The Hall–Kier alpha value is -1.78. The summed E-state index contributed by atoms with van der Waals surface area (Å²) in [6.45, 7) is 4.01. The fourth-order valence-corrected chi connectivity index (χ4v) is 4.88. The second kappa shape index (κ2) is 7.22. The van der Waals surface area contributed by atoms with Crippen molar-refractivity contribution in [1.82, 2.24) is 10.2 Å². The topological polar surface area (TPSA) is 32.3 Å². The van der Waals surface area contributed by atoms with Crippen molar-refractivity contribution in [2.75, 3.05) is 26.2 Å². The van der Waals surface area contributed by atoms with E-state index in [1.807, 2.05) is 41.3 Å². The number of carbonyl (C=O) groups excluding carboxylic acids is 1. The van der Waals surface area contributed by atoms with E-state index in [-0.39, 0.29) is 5.91 Å². The molecule has 1 amide bonds. The van der Waals surface area contributed by atoms with Crippen LogP contribution in [0.5, 0.6) is 0 Å². The highest BCUT2D eigenvalue weighted by atomic mass is 32.2. The van der Waals surface area contributed by atoms with Crippen molar-refractivity contribution in [3.8, 4) is 0 Å². The second-order valence-corrected chi connectivity index (χ2v) is 8.25. The van der Waals surface area contributed by atoms with Crippen molar-refractivity contribution in [2.45, 2.75) is 29.1 Å². The van der Waals surface area contributed by atoms with Crippen LogP contribution in [0.3, 0.4) is 0 Å². The van der Waals surface area contributed by atoms with Crippen LogP contribution in [0.4, 0.5) is 0 Å². The number of amides is 1. The van der Waals surface area contributed by atoms with Crippen molar-refractivity contribution < 1.29 is 4.79 Å². The zero-order chi connectivity index (χ0) is 17.1. The lowest BCUT2D eigenvalue weighted by atomic mass is 9.78. The van der Waals surface area contributed by atoms with Crippen molar-refractivity contribution in [3.05, 3.63) is 60.2 Å². The fourth-order valence-electron chi connectivity index (χ4n) is 3.92. The number of nitrogens with zero attached hydrogens (tertiary/aromatic N) is 1. The van der Waals surface area contributed by atoms with E-state index in [1.54, 1.807) is 11.8 Å². The third-order valence-electron chi connectivity index (χ3n) is 5.53. The lowest BCUT2D eigenvalue weighted by Crippen LogP contribution is -2.44. The van der Waals surface area contributed by atoms with E-state index in [0.29, 0.717) is 5.41 Å². The van der Waals surface area contributed by atoms with Crippen LogP contribution in [-0.4, -0.2) is 37.0 Å². The van der Waals surface area contributed by atoms with Gasteiger partial charge in [-0.3, -0.25) is 4.79 Å². The summed E-state index contributed by atoms with van der Waals surface area (Å²) >= 11 is 1.67. The van der Waals surface area contributed by atoms with E-state index in [2.05, 4.69) is 23.5 Å². The molecular weight excluding hydrogens is 328 g/mol. The highest BCUT2D eigenvalue weighted by Gasteiger charge is 2.38. The Morgan fingerprint density at radius 2 is 1.68 bits per heavy atom. The van der Waals surface area contributed by atoms with Crippen LogP contribution in [0.25, 0.3) is 0 Å². The molecule has 0 bridgehead atoms. The van der Waals surface area contributed by atoms with Gasteiger partial charge in [0.1, 0.15) is 0 Å². The summed E-state index contributed by atoms with van der Waals surface area (Å²) in [5.41, 5.74) is 1.27. The van der Waals surface area contributed by atoms with E-state index in [4.69, 9.17) is 0 Å². The first-order valence-corrected chi connectivity index (χ1v) is 9.89. The molecule has 4 heteroatoms. The second-order valence-electron chi connectivity index (χ2n) is 7.13. The van der Waals surface area contributed by atoms with Crippen molar-refractivity contribution in [3.63, 3.8) is 0 Å². The van der Waals surface area contributed by atoms with Crippen molar-refractivity contribution in [2.24, 2.45) is 5.41 Å². The lowest BCUT2D eigenvalue weighted by Gasteiger charge is -2.39. The number of rotatable bonds is 3. The summed E-state index contributed by atoms with van der Waals surface area (Å²) in [5, 5.41) is 3.49. The van der Waals surface area contributed by atoms with E-state index >= 15 is 0 Å². The predicted molar refractivity (Wildman–Crippen MR) is 102 cm³/mol. The number of piperidine rings is 1. The van der Waals surface area contributed by atoms with Crippen LogP contribution in [0.1, 0.15) is 29.6 Å². The molecule has 2 aliphatic heterocycles. The number of nitrogens with one attached hydrogen (secondary N) is 1. The number of carbonyl (C=O) groups is 1. The van der Waals surface area contributed by atoms with Gasteiger partial charge in [-0.25, -0.2) is 0 Å². The Bertz CT molecular complexity index is 731. The van der Waals surface area contributed by atoms with E-state index in [9.17, 15) is 4.79 Å². The Kier molecular flexibility index (Phi) is 4.82. The molecule has 130 valence electrons. The molecule has 2 aromatic carbocycles. The number of likely N-dealkylation sites (tertiary alicyclic amines) is 1. The van der Waals surface area contributed by atoms with Gasteiger partial charge >= 0.3 is 0 Å². The van der Waals surface area contributed by atoms with Gasteiger partial charge in [0.2, 0.25) is 0 Å². The first-order valence-electron chi connectivity index (χ1n) is 9.08. The largest absolute Gasteiger partial charge is 0.339 e. The lowest BCUT2D eigenvalue weighted by molar-refractivity contribution is 0.0604. The van der Waals surface area contributed by atoms with Gasteiger partial charge in [0, 0.05) is 29.4 Å². The number of hydrogen-bond acceptors (Lipinski definition) is 3. The summed E-state index contributed by atoms with van der Waals surface area (Å²) in [5.74, 6) is 0.180. The average Bonchev–Trinajstić information content (AvgIpc) is 3.11. The van der Waals surface area contributed by atoms with Crippen LogP contribution in [-0.2, 0) is 0 Å². The Balaban J connectivity index is 1.49. The van der Waals surface area contributed by atoms with Crippen LogP contribution in [0.2, 0.25) is 0 Å². The molecule has 2 aliphatic rings. The molecule has 25 heavy (non-hydrogen) atoms. The molecule has 3 nitrogen and oxygen atoms in total. The molecule has 2 heterocycles.